The average Bonchev–Trinajstić information content (AvgIpc) is 2.85. The normalized spacial score (nSPS) is 20.6. The highest BCUT2D eigenvalue weighted by atomic mass is 32.1. The van der Waals surface area contributed by atoms with E-state index in [0.717, 1.165) is 11.3 Å². The molecule has 21 heavy (non-hydrogen) atoms. The number of carboxylic acids is 1. The monoisotopic (exact) mass is 302 g/mol. The number of benzene rings is 1. The van der Waals surface area contributed by atoms with E-state index < -0.39 is 17.8 Å². The summed E-state index contributed by atoms with van der Waals surface area (Å²) in [6, 6.07) is 9.58. The number of aromatic nitrogens is 1. The number of carboxylic acid groups (broad SMARTS) is 1. The highest BCUT2D eigenvalue weighted by Gasteiger charge is 2.41. The molecule has 1 aromatic carbocycles. The fourth-order valence-corrected chi connectivity index (χ4v) is 3.16. The largest absolute Gasteiger partial charge is 0.481 e. The number of anilines is 1. The van der Waals surface area contributed by atoms with Gasteiger partial charge in [0.25, 0.3) is 0 Å². The molecule has 0 bridgehead atoms. The highest BCUT2D eigenvalue weighted by molar-refractivity contribution is 7.14. The number of nitrogens with zero attached hydrogens (tertiary/aromatic N) is 1. The lowest BCUT2D eigenvalue weighted by Gasteiger charge is -2.31. The Balaban J connectivity index is 1.76. The van der Waals surface area contributed by atoms with E-state index in [2.05, 4.69) is 10.3 Å². The summed E-state index contributed by atoms with van der Waals surface area (Å²) in [6.45, 7) is 0. The van der Waals surface area contributed by atoms with Crippen molar-refractivity contribution >= 4 is 28.2 Å². The average molecular weight is 302 g/mol. The van der Waals surface area contributed by atoms with Gasteiger partial charge in [-0.25, -0.2) is 4.98 Å². The molecule has 0 saturated heterocycles. The second kappa shape index (κ2) is 5.65. The summed E-state index contributed by atoms with van der Waals surface area (Å²) in [5.74, 6) is -2.12. The molecule has 1 amide bonds. The zero-order valence-corrected chi connectivity index (χ0v) is 12.0. The van der Waals surface area contributed by atoms with Gasteiger partial charge in [0.1, 0.15) is 10.7 Å². The Morgan fingerprint density at radius 1 is 1.19 bits per heavy atom. The van der Waals surface area contributed by atoms with Gasteiger partial charge in [0, 0.05) is 5.56 Å². The first-order valence-corrected chi connectivity index (χ1v) is 7.57. The Labute approximate surface area is 125 Å². The van der Waals surface area contributed by atoms with Gasteiger partial charge in [-0.15, -0.1) is 11.3 Å². The highest BCUT2D eigenvalue weighted by Crippen LogP contribution is 2.37. The van der Waals surface area contributed by atoms with Gasteiger partial charge in [-0.05, 0) is 12.8 Å². The van der Waals surface area contributed by atoms with Gasteiger partial charge in [-0.3, -0.25) is 9.59 Å². The minimum absolute atomic E-state index is 0.227. The first-order chi connectivity index (χ1) is 10.2. The van der Waals surface area contributed by atoms with Crippen LogP contribution in [0.4, 0.5) is 5.00 Å². The zero-order valence-electron chi connectivity index (χ0n) is 11.2. The van der Waals surface area contributed by atoms with Crippen molar-refractivity contribution in [3.63, 3.8) is 0 Å². The Hall–Kier alpha value is -2.21. The van der Waals surface area contributed by atoms with E-state index >= 15 is 0 Å². The van der Waals surface area contributed by atoms with E-state index in [1.807, 2.05) is 30.3 Å². The quantitative estimate of drug-likeness (QED) is 0.910. The van der Waals surface area contributed by atoms with Crippen molar-refractivity contribution in [3.05, 3.63) is 35.8 Å². The van der Waals surface area contributed by atoms with Crippen LogP contribution in [0.5, 0.6) is 0 Å². The van der Waals surface area contributed by atoms with E-state index in [1.54, 1.807) is 5.51 Å². The van der Waals surface area contributed by atoms with Crippen LogP contribution in [0.1, 0.15) is 12.8 Å². The zero-order chi connectivity index (χ0) is 14.8. The molecule has 2 atom stereocenters. The van der Waals surface area contributed by atoms with Crippen LogP contribution in [0.25, 0.3) is 11.3 Å². The van der Waals surface area contributed by atoms with E-state index in [9.17, 15) is 9.59 Å². The standard InChI is InChI=1S/C15H14N2O3S/c18-13(10-6-7-11(10)15(19)20)17-14-12(16-8-21-14)9-4-2-1-3-5-9/h1-5,8,10-11H,6-7H2,(H,17,18)(H,19,20)/t10-,11-/m0/s1. The molecule has 1 fully saturated rings. The maximum Gasteiger partial charge on any atom is 0.307 e. The summed E-state index contributed by atoms with van der Waals surface area (Å²) in [5, 5.41) is 12.5. The number of carbonyl (C=O) groups excluding carboxylic acids is 1. The third kappa shape index (κ3) is 2.67. The Morgan fingerprint density at radius 2 is 1.90 bits per heavy atom. The van der Waals surface area contributed by atoms with Crippen LogP contribution >= 0.6 is 11.3 Å². The van der Waals surface area contributed by atoms with Crippen LogP contribution in [-0.2, 0) is 9.59 Å². The number of nitrogens with one attached hydrogen (secondary N) is 1. The van der Waals surface area contributed by atoms with Crippen LogP contribution in [0.2, 0.25) is 0 Å². The molecule has 0 aliphatic heterocycles. The number of hydrogen-bond acceptors (Lipinski definition) is 4. The maximum absolute atomic E-state index is 12.2. The Bertz CT molecular complexity index is 669. The summed E-state index contributed by atoms with van der Waals surface area (Å²) >= 11 is 1.34. The second-order valence-electron chi connectivity index (χ2n) is 5.01. The number of hydrogen-bond donors (Lipinski definition) is 2. The minimum Gasteiger partial charge on any atom is -0.481 e. The number of aliphatic carboxylic acids is 1. The molecule has 3 rings (SSSR count). The predicted molar refractivity (Wildman–Crippen MR) is 80.0 cm³/mol. The summed E-state index contributed by atoms with van der Waals surface area (Å²) in [7, 11) is 0. The molecule has 1 aromatic heterocycles. The van der Waals surface area contributed by atoms with Crippen molar-refractivity contribution in [2.45, 2.75) is 12.8 Å². The number of thiazole rings is 1. The minimum atomic E-state index is -0.894. The van der Waals surface area contributed by atoms with Gasteiger partial charge in [-0.1, -0.05) is 30.3 Å². The fraction of sp³-hybridized carbons (Fsp3) is 0.267. The van der Waals surface area contributed by atoms with Crippen LogP contribution in [0.3, 0.4) is 0 Å². The lowest BCUT2D eigenvalue weighted by molar-refractivity contribution is -0.151. The van der Waals surface area contributed by atoms with Crippen LogP contribution in [0.15, 0.2) is 35.8 Å². The predicted octanol–water partition coefficient (Wildman–Crippen LogP) is 2.86. The first kappa shape index (κ1) is 13.8. The van der Waals surface area contributed by atoms with Crippen molar-refractivity contribution in [1.82, 2.24) is 4.98 Å². The van der Waals surface area contributed by atoms with E-state index in [0.29, 0.717) is 17.8 Å². The molecule has 6 heteroatoms. The van der Waals surface area contributed by atoms with E-state index in [1.165, 1.54) is 11.3 Å². The summed E-state index contributed by atoms with van der Waals surface area (Å²) < 4.78 is 0. The topological polar surface area (TPSA) is 79.3 Å². The Kier molecular flexibility index (Phi) is 3.70. The first-order valence-electron chi connectivity index (χ1n) is 6.69. The summed E-state index contributed by atoms with van der Waals surface area (Å²) in [4.78, 5) is 27.5. The Morgan fingerprint density at radius 3 is 2.52 bits per heavy atom. The van der Waals surface area contributed by atoms with Crippen LogP contribution in [-0.4, -0.2) is 22.0 Å². The lowest BCUT2D eigenvalue weighted by atomic mass is 9.73. The molecular weight excluding hydrogens is 288 g/mol. The van der Waals surface area contributed by atoms with Crippen LogP contribution in [0, 0.1) is 11.8 Å². The lowest BCUT2D eigenvalue weighted by Crippen LogP contribution is -2.40. The van der Waals surface area contributed by atoms with Gasteiger partial charge in [0.15, 0.2) is 0 Å². The molecule has 0 spiro atoms. The summed E-state index contributed by atoms with van der Waals surface area (Å²) in [6.07, 6.45) is 1.20. The molecule has 0 radical (unpaired) electrons. The molecule has 1 saturated carbocycles. The molecule has 1 heterocycles. The molecule has 1 aliphatic rings. The van der Waals surface area contributed by atoms with Gasteiger partial charge in [0.05, 0.1) is 17.3 Å². The molecule has 108 valence electrons. The van der Waals surface area contributed by atoms with Gasteiger partial charge >= 0.3 is 5.97 Å². The van der Waals surface area contributed by atoms with Gasteiger partial charge in [0.2, 0.25) is 5.91 Å². The van der Waals surface area contributed by atoms with E-state index in [-0.39, 0.29) is 5.91 Å². The van der Waals surface area contributed by atoms with Crippen molar-refractivity contribution in [2.75, 3.05) is 5.32 Å². The number of amides is 1. The van der Waals surface area contributed by atoms with Crippen molar-refractivity contribution in [3.8, 4) is 11.3 Å². The smallest absolute Gasteiger partial charge is 0.307 e. The van der Waals surface area contributed by atoms with Crippen molar-refractivity contribution in [1.29, 1.82) is 0 Å². The van der Waals surface area contributed by atoms with Crippen molar-refractivity contribution < 1.29 is 14.7 Å². The molecule has 2 aromatic rings. The second-order valence-corrected chi connectivity index (χ2v) is 5.87. The summed E-state index contributed by atoms with van der Waals surface area (Å²) in [5.41, 5.74) is 3.32. The van der Waals surface area contributed by atoms with Crippen molar-refractivity contribution in [2.24, 2.45) is 11.8 Å². The number of rotatable bonds is 4. The van der Waals surface area contributed by atoms with Gasteiger partial charge < -0.3 is 10.4 Å². The molecule has 5 nitrogen and oxygen atoms in total. The number of carbonyl (C=O) groups is 2. The third-order valence-corrected chi connectivity index (χ3v) is 4.52. The maximum atomic E-state index is 12.2. The third-order valence-electron chi connectivity index (χ3n) is 3.78. The van der Waals surface area contributed by atoms with E-state index in [4.69, 9.17) is 5.11 Å². The van der Waals surface area contributed by atoms with Gasteiger partial charge in [-0.2, -0.15) is 0 Å². The molecule has 0 unspecified atom stereocenters. The molecule has 2 N–H and O–H groups in total. The molecule has 1 aliphatic carbocycles. The van der Waals surface area contributed by atoms with Crippen LogP contribution < -0.4 is 5.32 Å². The molecular formula is C15H14N2O3S. The SMILES string of the molecule is O=C(O)[C@H]1CC[C@@H]1C(=O)Nc1scnc1-c1ccccc1. The fourth-order valence-electron chi connectivity index (χ4n) is 2.45.